The van der Waals surface area contributed by atoms with Crippen molar-refractivity contribution in [3.8, 4) is 0 Å². The number of rotatable bonds is 12. The van der Waals surface area contributed by atoms with Gasteiger partial charge in [-0.15, -0.1) is 5.10 Å². The van der Waals surface area contributed by atoms with E-state index in [2.05, 4.69) is 33.6 Å². The van der Waals surface area contributed by atoms with Crippen LogP contribution in [0.3, 0.4) is 0 Å². The van der Waals surface area contributed by atoms with E-state index >= 15 is 0 Å². The number of nitrogens with two attached hydrogens (primary N) is 1. The lowest BCUT2D eigenvalue weighted by atomic mass is 10.2. The summed E-state index contributed by atoms with van der Waals surface area (Å²) < 4.78 is 1.76. The van der Waals surface area contributed by atoms with Gasteiger partial charge in [0, 0.05) is 19.5 Å². The van der Waals surface area contributed by atoms with Crippen molar-refractivity contribution in [2.24, 2.45) is 5.73 Å². The SMILES string of the molecule is C/C=C/C(=O)NCc1cn(CCCCNC(=O)CCCCC)nn1.CC.CN. The number of nitrogens with zero attached hydrogens (tertiary/aromatic N) is 3. The molecule has 0 radical (unpaired) electrons. The van der Waals surface area contributed by atoms with Crippen LogP contribution in [-0.4, -0.2) is 40.4 Å². The molecule has 0 unspecified atom stereocenters. The van der Waals surface area contributed by atoms with E-state index in [1.807, 2.05) is 20.0 Å². The minimum Gasteiger partial charge on any atom is -0.356 e. The predicted octanol–water partition coefficient (Wildman–Crippen LogP) is 2.55. The standard InChI is InChI=1S/C17H29N5O2.C2H6.CH5N/c1-3-5-6-10-17(24)18-11-7-8-12-22-14-15(20-21-22)13-19-16(23)9-4-2;2*1-2/h4,9,14H,3,5-8,10-13H2,1-2H3,(H,18,24)(H,19,23);1-2H3;2H2,1H3/b9-4+;;. The highest BCUT2D eigenvalue weighted by Crippen LogP contribution is 1.99. The van der Waals surface area contributed by atoms with Crippen LogP contribution in [0.1, 0.15) is 71.9 Å². The van der Waals surface area contributed by atoms with Crippen LogP contribution in [0.2, 0.25) is 0 Å². The number of unbranched alkanes of at least 4 members (excludes halogenated alkanes) is 3. The van der Waals surface area contributed by atoms with Gasteiger partial charge >= 0.3 is 0 Å². The summed E-state index contributed by atoms with van der Waals surface area (Å²) in [5.74, 6) is 0.00471. The quantitative estimate of drug-likeness (QED) is 0.371. The molecule has 1 rings (SSSR count). The molecular formula is C20H40N6O2. The lowest BCUT2D eigenvalue weighted by Gasteiger charge is -2.05. The van der Waals surface area contributed by atoms with Crippen molar-refractivity contribution >= 4 is 11.8 Å². The highest BCUT2D eigenvalue weighted by molar-refractivity contribution is 5.87. The van der Waals surface area contributed by atoms with Crippen LogP contribution in [0.5, 0.6) is 0 Å². The third-order valence-corrected chi connectivity index (χ3v) is 3.49. The zero-order valence-electron chi connectivity index (χ0n) is 18.3. The molecule has 0 saturated carbocycles. The molecule has 1 heterocycles. The molecule has 4 N–H and O–H groups in total. The Morgan fingerprint density at radius 1 is 1.14 bits per heavy atom. The van der Waals surface area contributed by atoms with Gasteiger partial charge in [0.25, 0.3) is 0 Å². The van der Waals surface area contributed by atoms with Gasteiger partial charge in [0.2, 0.25) is 11.8 Å². The second kappa shape index (κ2) is 21.1. The average Bonchev–Trinajstić information content (AvgIpc) is 3.17. The van der Waals surface area contributed by atoms with Crippen LogP contribution in [0.4, 0.5) is 0 Å². The highest BCUT2D eigenvalue weighted by Gasteiger charge is 2.03. The number of carbonyl (C=O) groups is 2. The molecule has 1 aromatic rings. The number of aromatic nitrogens is 3. The van der Waals surface area contributed by atoms with Crippen molar-refractivity contribution < 1.29 is 9.59 Å². The number of hydrogen-bond donors (Lipinski definition) is 3. The number of nitrogens with one attached hydrogen (secondary N) is 2. The molecule has 8 heteroatoms. The van der Waals surface area contributed by atoms with E-state index in [1.54, 1.807) is 17.7 Å². The molecule has 0 atom stereocenters. The maximum Gasteiger partial charge on any atom is 0.243 e. The number of allylic oxidation sites excluding steroid dienone is 1. The summed E-state index contributed by atoms with van der Waals surface area (Å²) in [7, 11) is 1.50. The van der Waals surface area contributed by atoms with Gasteiger partial charge in [-0.2, -0.15) is 0 Å². The molecule has 162 valence electrons. The van der Waals surface area contributed by atoms with Gasteiger partial charge in [0.1, 0.15) is 5.69 Å². The Kier molecular flexibility index (Phi) is 21.1. The molecule has 0 aromatic carbocycles. The molecule has 0 fully saturated rings. The maximum absolute atomic E-state index is 11.5. The second-order valence-corrected chi connectivity index (χ2v) is 5.70. The van der Waals surface area contributed by atoms with Crippen LogP contribution < -0.4 is 16.4 Å². The van der Waals surface area contributed by atoms with Gasteiger partial charge in [0.15, 0.2) is 0 Å². The zero-order valence-corrected chi connectivity index (χ0v) is 18.3. The third-order valence-electron chi connectivity index (χ3n) is 3.49. The highest BCUT2D eigenvalue weighted by atomic mass is 16.2. The van der Waals surface area contributed by atoms with Crippen molar-refractivity contribution in [2.45, 2.75) is 79.3 Å². The zero-order chi connectivity index (χ0) is 21.6. The van der Waals surface area contributed by atoms with Gasteiger partial charge < -0.3 is 16.4 Å². The van der Waals surface area contributed by atoms with Gasteiger partial charge in [-0.1, -0.05) is 44.9 Å². The number of hydrogen-bond acceptors (Lipinski definition) is 5. The van der Waals surface area contributed by atoms with E-state index in [9.17, 15) is 9.59 Å². The van der Waals surface area contributed by atoms with Crippen LogP contribution >= 0.6 is 0 Å². The largest absolute Gasteiger partial charge is 0.356 e. The monoisotopic (exact) mass is 396 g/mol. The average molecular weight is 397 g/mol. The lowest BCUT2D eigenvalue weighted by Crippen LogP contribution is -2.24. The fourth-order valence-corrected chi connectivity index (χ4v) is 2.17. The number of carbonyl (C=O) groups excluding carboxylic acids is 2. The number of aryl methyl sites for hydroxylation is 1. The minimum atomic E-state index is -0.137. The van der Waals surface area contributed by atoms with E-state index in [0.717, 1.165) is 44.3 Å². The van der Waals surface area contributed by atoms with Crippen molar-refractivity contribution in [3.05, 3.63) is 24.0 Å². The molecule has 0 spiro atoms. The van der Waals surface area contributed by atoms with E-state index in [1.165, 1.54) is 13.1 Å². The first-order valence-electron chi connectivity index (χ1n) is 10.3. The molecule has 28 heavy (non-hydrogen) atoms. The van der Waals surface area contributed by atoms with Crippen LogP contribution in [0.15, 0.2) is 18.3 Å². The van der Waals surface area contributed by atoms with Crippen LogP contribution in [0.25, 0.3) is 0 Å². The normalized spacial score (nSPS) is 9.79. The van der Waals surface area contributed by atoms with Crippen molar-refractivity contribution in [1.29, 1.82) is 0 Å². The van der Waals surface area contributed by atoms with Gasteiger partial charge in [-0.05, 0) is 39.3 Å². The summed E-state index contributed by atoms with van der Waals surface area (Å²) in [4.78, 5) is 22.9. The molecule has 0 bridgehead atoms. The summed E-state index contributed by atoms with van der Waals surface area (Å²) >= 11 is 0. The van der Waals surface area contributed by atoms with Crippen molar-refractivity contribution in [3.63, 3.8) is 0 Å². The van der Waals surface area contributed by atoms with Gasteiger partial charge in [0.05, 0.1) is 12.7 Å². The molecule has 2 amide bonds. The van der Waals surface area contributed by atoms with E-state index in [-0.39, 0.29) is 11.8 Å². The first-order valence-corrected chi connectivity index (χ1v) is 10.3. The van der Waals surface area contributed by atoms with Gasteiger partial charge in [-0.3, -0.25) is 14.3 Å². The predicted molar refractivity (Wildman–Crippen MR) is 115 cm³/mol. The Balaban J connectivity index is 0. The first kappa shape index (κ1) is 28.0. The Morgan fingerprint density at radius 2 is 1.86 bits per heavy atom. The minimum absolute atomic E-state index is 0.137. The smallest absolute Gasteiger partial charge is 0.243 e. The fraction of sp³-hybridized carbons (Fsp3) is 0.700. The summed E-state index contributed by atoms with van der Waals surface area (Å²) in [6.07, 6.45) is 10.7. The first-order chi connectivity index (χ1) is 13.7. The summed E-state index contributed by atoms with van der Waals surface area (Å²) in [6.45, 7) is 9.75. The summed E-state index contributed by atoms with van der Waals surface area (Å²) in [5.41, 5.74) is 5.23. The fourth-order valence-electron chi connectivity index (χ4n) is 2.17. The number of amides is 2. The summed E-state index contributed by atoms with van der Waals surface area (Å²) in [5, 5.41) is 13.7. The second-order valence-electron chi connectivity index (χ2n) is 5.70. The lowest BCUT2D eigenvalue weighted by molar-refractivity contribution is -0.121. The Hall–Kier alpha value is -2.22. The van der Waals surface area contributed by atoms with Gasteiger partial charge in [-0.25, -0.2) is 0 Å². The maximum atomic E-state index is 11.5. The Morgan fingerprint density at radius 3 is 2.50 bits per heavy atom. The molecule has 0 saturated heterocycles. The van der Waals surface area contributed by atoms with Crippen molar-refractivity contribution in [2.75, 3.05) is 13.6 Å². The molecule has 8 nitrogen and oxygen atoms in total. The Bertz CT molecular complexity index is 529. The molecule has 0 aliphatic heterocycles. The molecule has 0 aliphatic rings. The van der Waals surface area contributed by atoms with Crippen LogP contribution in [0, 0.1) is 0 Å². The van der Waals surface area contributed by atoms with E-state index in [4.69, 9.17) is 0 Å². The molecule has 1 aromatic heterocycles. The molecule has 0 aliphatic carbocycles. The summed E-state index contributed by atoms with van der Waals surface area (Å²) in [6, 6.07) is 0. The topological polar surface area (TPSA) is 115 Å². The van der Waals surface area contributed by atoms with E-state index < -0.39 is 0 Å². The Labute approximate surface area is 170 Å². The van der Waals surface area contributed by atoms with E-state index in [0.29, 0.717) is 19.5 Å². The van der Waals surface area contributed by atoms with Crippen molar-refractivity contribution in [1.82, 2.24) is 25.6 Å². The third kappa shape index (κ3) is 16.0. The van der Waals surface area contributed by atoms with Crippen LogP contribution in [-0.2, 0) is 22.7 Å². The molecular weight excluding hydrogens is 356 g/mol.